The molecule has 212 valence electrons. The second-order valence-corrected chi connectivity index (χ2v) is 12.8. The van der Waals surface area contributed by atoms with Gasteiger partial charge in [0.05, 0.1) is 17.0 Å². The summed E-state index contributed by atoms with van der Waals surface area (Å²) in [5, 5.41) is 2.64. The van der Waals surface area contributed by atoms with Gasteiger partial charge in [0, 0.05) is 13.0 Å². The number of Topliss-reactive ketones (excluding diaryl/α,β-unsaturated/α-hetero) is 1. The summed E-state index contributed by atoms with van der Waals surface area (Å²) in [5.74, 6) is -1.30. The molecule has 2 aromatic carbocycles. The molecule has 0 saturated carbocycles. The molecule has 0 aliphatic carbocycles. The van der Waals surface area contributed by atoms with Crippen molar-refractivity contribution in [3.05, 3.63) is 66.2 Å². The molecule has 2 aromatic rings. The van der Waals surface area contributed by atoms with Crippen LogP contribution in [0.25, 0.3) is 0 Å². The molecule has 0 radical (unpaired) electrons. The van der Waals surface area contributed by atoms with Crippen LogP contribution in [0.3, 0.4) is 0 Å². The summed E-state index contributed by atoms with van der Waals surface area (Å²) in [6.45, 7) is 8.38. The smallest absolute Gasteiger partial charge is 0.412 e. The molecular formula is C28H36N2O8S. The fourth-order valence-electron chi connectivity index (χ4n) is 4.31. The maximum absolute atomic E-state index is 13.2. The molecule has 0 spiro atoms. The number of rotatable bonds is 9. The Balaban J connectivity index is 1.75. The van der Waals surface area contributed by atoms with Crippen LogP contribution in [0.4, 0.5) is 9.59 Å². The van der Waals surface area contributed by atoms with Gasteiger partial charge < -0.3 is 19.5 Å². The summed E-state index contributed by atoms with van der Waals surface area (Å²) in [6, 6.07) is 16.0. The molecule has 11 heteroatoms. The first-order chi connectivity index (χ1) is 18.2. The monoisotopic (exact) mass is 560 g/mol. The van der Waals surface area contributed by atoms with Crippen LogP contribution in [-0.2, 0) is 35.4 Å². The number of amides is 2. The van der Waals surface area contributed by atoms with E-state index in [0.29, 0.717) is 0 Å². The van der Waals surface area contributed by atoms with Gasteiger partial charge in [0.2, 0.25) is 0 Å². The Kier molecular flexibility index (Phi) is 9.39. The van der Waals surface area contributed by atoms with Crippen LogP contribution >= 0.6 is 0 Å². The molecule has 2 amide bonds. The van der Waals surface area contributed by atoms with Crippen molar-refractivity contribution in [2.45, 2.75) is 76.0 Å². The number of ketones is 1. The number of carbonyl (C=O) groups is 3. The van der Waals surface area contributed by atoms with E-state index >= 15 is 0 Å². The minimum absolute atomic E-state index is 0.0424. The second kappa shape index (κ2) is 12.2. The summed E-state index contributed by atoms with van der Waals surface area (Å²) < 4.78 is 42.4. The molecule has 3 rings (SSSR count). The lowest BCUT2D eigenvalue weighted by atomic mass is 10.1. The van der Waals surface area contributed by atoms with E-state index in [-0.39, 0.29) is 24.5 Å². The number of ether oxygens (including phenoxy) is 3. The highest BCUT2D eigenvalue weighted by Gasteiger charge is 2.51. The molecule has 1 aliphatic heterocycles. The lowest BCUT2D eigenvalue weighted by Gasteiger charge is -2.35. The number of alkyl carbamates (subject to hydrolysis) is 1. The number of benzene rings is 2. The summed E-state index contributed by atoms with van der Waals surface area (Å²) in [6.07, 6.45) is -2.60. The second-order valence-electron chi connectivity index (χ2n) is 10.8. The molecule has 0 aromatic heterocycles. The molecule has 1 aliphatic rings. The van der Waals surface area contributed by atoms with Crippen LogP contribution in [0.2, 0.25) is 0 Å². The van der Waals surface area contributed by atoms with Crippen molar-refractivity contribution in [1.29, 1.82) is 0 Å². The molecule has 1 N–H and O–H groups in total. The number of nitrogens with one attached hydrogen (secondary N) is 1. The fourth-order valence-corrected chi connectivity index (χ4v) is 5.59. The van der Waals surface area contributed by atoms with E-state index in [9.17, 15) is 22.8 Å². The molecule has 1 saturated heterocycles. The number of nitrogens with zero attached hydrogens (tertiary/aromatic N) is 1. The molecule has 1 heterocycles. The van der Waals surface area contributed by atoms with E-state index in [0.717, 1.165) is 5.56 Å². The zero-order valence-corrected chi connectivity index (χ0v) is 23.7. The molecule has 0 unspecified atom stereocenters. The molecule has 10 nitrogen and oxygen atoms in total. The molecular weight excluding hydrogens is 524 g/mol. The van der Waals surface area contributed by atoms with Crippen molar-refractivity contribution in [2.75, 3.05) is 12.3 Å². The van der Waals surface area contributed by atoms with Gasteiger partial charge in [0.25, 0.3) is 0 Å². The third-order valence-electron chi connectivity index (χ3n) is 5.92. The predicted molar refractivity (Wildman–Crippen MR) is 144 cm³/mol. The average Bonchev–Trinajstić information content (AvgIpc) is 3.09. The van der Waals surface area contributed by atoms with Crippen molar-refractivity contribution >= 4 is 27.8 Å². The van der Waals surface area contributed by atoms with Crippen molar-refractivity contribution in [3.63, 3.8) is 0 Å². The first-order valence-electron chi connectivity index (χ1n) is 12.6. The van der Waals surface area contributed by atoms with Crippen LogP contribution in [0, 0.1) is 0 Å². The summed E-state index contributed by atoms with van der Waals surface area (Å²) in [5.41, 5.74) is -1.21. The van der Waals surface area contributed by atoms with E-state index in [4.69, 9.17) is 14.2 Å². The first kappa shape index (κ1) is 30.1. The maximum atomic E-state index is 13.2. The Labute approximate surface area is 229 Å². The van der Waals surface area contributed by atoms with Crippen LogP contribution in [0.1, 0.15) is 46.6 Å². The SMILES string of the molecule is CC(C)(C)OC(=O)N1[C@H](CNC(=O)OCc2ccccc2)[C@H](CC(=O)CS(=O)(=O)c2ccccc2)OC1(C)C. The van der Waals surface area contributed by atoms with E-state index in [1.807, 2.05) is 30.3 Å². The fraction of sp³-hybridized carbons (Fsp3) is 0.464. The molecule has 1 fully saturated rings. The number of hydrogen-bond acceptors (Lipinski definition) is 8. The predicted octanol–water partition coefficient (Wildman–Crippen LogP) is 4.09. The van der Waals surface area contributed by atoms with Crippen molar-refractivity contribution in [2.24, 2.45) is 0 Å². The first-order valence-corrected chi connectivity index (χ1v) is 14.3. The van der Waals surface area contributed by atoms with E-state index < -0.39 is 57.0 Å². The third kappa shape index (κ3) is 8.52. The van der Waals surface area contributed by atoms with Gasteiger partial charge >= 0.3 is 12.2 Å². The van der Waals surface area contributed by atoms with E-state index in [2.05, 4.69) is 5.32 Å². The van der Waals surface area contributed by atoms with Crippen LogP contribution in [0.15, 0.2) is 65.6 Å². The highest BCUT2D eigenvalue weighted by atomic mass is 32.2. The van der Waals surface area contributed by atoms with Crippen molar-refractivity contribution < 1.29 is 37.0 Å². The Bertz CT molecular complexity index is 1260. The Morgan fingerprint density at radius 1 is 1.00 bits per heavy atom. The number of carbonyl (C=O) groups excluding carboxylic acids is 3. The quantitative estimate of drug-likeness (QED) is 0.486. The van der Waals surface area contributed by atoms with Gasteiger partial charge in [-0.25, -0.2) is 18.0 Å². The van der Waals surface area contributed by atoms with Gasteiger partial charge in [0.15, 0.2) is 15.6 Å². The Morgan fingerprint density at radius 3 is 2.18 bits per heavy atom. The normalized spacial score (nSPS) is 18.8. The average molecular weight is 561 g/mol. The summed E-state index contributed by atoms with van der Waals surface area (Å²) in [7, 11) is -3.86. The summed E-state index contributed by atoms with van der Waals surface area (Å²) >= 11 is 0. The lowest BCUT2D eigenvalue weighted by Crippen LogP contribution is -2.54. The maximum Gasteiger partial charge on any atom is 0.412 e. The number of hydrogen-bond donors (Lipinski definition) is 1. The van der Waals surface area contributed by atoms with Crippen LogP contribution < -0.4 is 5.32 Å². The molecule has 2 atom stereocenters. The largest absolute Gasteiger partial charge is 0.445 e. The zero-order chi connectivity index (χ0) is 28.8. The van der Waals surface area contributed by atoms with Crippen molar-refractivity contribution in [1.82, 2.24) is 10.2 Å². The number of sulfone groups is 1. The van der Waals surface area contributed by atoms with Gasteiger partial charge in [0.1, 0.15) is 23.7 Å². The van der Waals surface area contributed by atoms with E-state index in [1.54, 1.807) is 52.8 Å². The summed E-state index contributed by atoms with van der Waals surface area (Å²) in [4.78, 5) is 40.0. The zero-order valence-electron chi connectivity index (χ0n) is 22.9. The third-order valence-corrected chi connectivity index (χ3v) is 7.61. The van der Waals surface area contributed by atoms with Gasteiger partial charge in [-0.15, -0.1) is 0 Å². The standard InChI is InChI=1S/C28H36N2O8S/c1-27(2,3)38-26(33)30-23(17-29-25(32)36-18-20-12-8-6-9-13-20)24(37-28(30,4)5)16-21(31)19-39(34,35)22-14-10-7-11-15-22/h6-15,23-24H,16-19H2,1-5H3,(H,29,32)/t23-,24+/m1/s1. The van der Waals surface area contributed by atoms with Gasteiger partial charge in [-0.1, -0.05) is 48.5 Å². The van der Waals surface area contributed by atoms with Gasteiger partial charge in [-0.05, 0) is 52.3 Å². The van der Waals surface area contributed by atoms with Crippen LogP contribution in [0.5, 0.6) is 0 Å². The molecule has 39 heavy (non-hydrogen) atoms. The van der Waals surface area contributed by atoms with Crippen LogP contribution in [-0.4, -0.2) is 67.1 Å². The highest BCUT2D eigenvalue weighted by Crippen LogP contribution is 2.35. The minimum Gasteiger partial charge on any atom is -0.445 e. The molecule has 0 bridgehead atoms. The van der Waals surface area contributed by atoms with Gasteiger partial charge in [-0.2, -0.15) is 0 Å². The Morgan fingerprint density at radius 2 is 1.59 bits per heavy atom. The minimum atomic E-state index is -3.86. The van der Waals surface area contributed by atoms with E-state index in [1.165, 1.54) is 17.0 Å². The lowest BCUT2D eigenvalue weighted by molar-refractivity contribution is -0.121. The van der Waals surface area contributed by atoms with Crippen molar-refractivity contribution in [3.8, 4) is 0 Å². The van der Waals surface area contributed by atoms with Gasteiger partial charge in [-0.3, -0.25) is 9.69 Å². The highest BCUT2D eigenvalue weighted by molar-refractivity contribution is 7.92. The topological polar surface area (TPSA) is 128 Å². The Hall–Kier alpha value is -3.44.